The van der Waals surface area contributed by atoms with Gasteiger partial charge in [-0.2, -0.15) is 0 Å². The molecule has 0 aromatic heterocycles. The van der Waals surface area contributed by atoms with Crippen molar-refractivity contribution < 1.29 is 0 Å². The number of rotatable bonds is 4. The molecule has 1 aliphatic rings. The first-order valence-electron chi connectivity index (χ1n) is 10.3. The molecule has 0 unspecified atom stereocenters. The van der Waals surface area contributed by atoms with E-state index in [0.29, 0.717) is 0 Å². The van der Waals surface area contributed by atoms with E-state index in [1.165, 1.54) is 61.6 Å². The van der Waals surface area contributed by atoms with E-state index in [9.17, 15) is 0 Å². The number of unbranched alkanes of at least 4 members (excludes halogenated alkanes) is 1. The van der Waals surface area contributed by atoms with Crippen LogP contribution in [0.2, 0.25) is 0 Å². The van der Waals surface area contributed by atoms with Crippen molar-refractivity contribution in [1.29, 1.82) is 0 Å². The van der Waals surface area contributed by atoms with E-state index >= 15 is 0 Å². The van der Waals surface area contributed by atoms with Gasteiger partial charge in [-0.3, -0.25) is 0 Å². The van der Waals surface area contributed by atoms with Gasteiger partial charge in [0.2, 0.25) is 0 Å². The normalized spacial score (nSPS) is 19.7. The Bertz CT molecular complexity index is 762. The fourth-order valence-corrected chi connectivity index (χ4v) is 4.21. The first-order valence-corrected chi connectivity index (χ1v) is 10.3. The van der Waals surface area contributed by atoms with Gasteiger partial charge >= 0.3 is 0 Å². The molecule has 3 rings (SSSR count). The van der Waals surface area contributed by atoms with Crippen LogP contribution < -0.4 is 0 Å². The van der Waals surface area contributed by atoms with Crippen LogP contribution in [0.4, 0.5) is 0 Å². The van der Waals surface area contributed by atoms with E-state index in [1.807, 2.05) is 0 Å². The van der Waals surface area contributed by atoms with Crippen LogP contribution in [0, 0.1) is 31.6 Å². The van der Waals surface area contributed by atoms with Gasteiger partial charge in [-0.05, 0) is 80.7 Å². The van der Waals surface area contributed by atoms with Crippen molar-refractivity contribution in [2.75, 3.05) is 0 Å². The Hall–Kier alpha value is -2.00. The maximum Gasteiger partial charge on any atom is 0.0278 e. The Kier molecular flexibility index (Phi) is 6.56. The molecule has 1 fully saturated rings. The Morgan fingerprint density at radius 1 is 0.885 bits per heavy atom. The average Bonchev–Trinajstić information content (AvgIpc) is 2.66. The fourth-order valence-electron chi connectivity index (χ4n) is 4.21. The molecule has 0 radical (unpaired) electrons. The summed E-state index contributed by atoms with van der Waals surface area (Å²) in [5.41, 5.74) is 6.31. The zero-order chi connectivity index (χ0) is 18.4. The maximum absolute atomic E-state index is 3.33. The molecule has 0 aliphatic heterocycles. The lowest BCUT2D eigenvalue weighted by molar-refractivity contribution is 0.304. The Morgan fingerprint density at radius 3 is 2.27 bits per heavy atom. The number of hydrogen-bond donors (Lipinski definition) is 0. The molecule has 1 saturated carbocycles. The molecule has 0 N–H and O–H groups in total. The Labute approximate surface area is 160 Å². The van der Waals surface area contributed by atoms with Crippen LogP contribution in [0.5, 0.6) is 0 Å². The predicted molar refractivity (Wildman–Crippen MR) is 113 cm³/mol. The summed E-state index contributed by atoms with van der Waals surface area (Å²) in [4.78, 5) is 0. The third kappa shape index (κ3) is 5.01. The molecule has 2 aromatic carbocycles. The van der Waals surface area contributed by atoms with Crippen molar-refractivity contribution in [2.45, 2.75) is 71.6 Å². The van der Waals surface area contributed by atoms with Gasteiger partial charge in [-0.25, -0.2) is 0 Å². The summed E-state index contributed by atoms with van der Waals surface area (Å²) in [5.74, 6) is 8.40. The molecule has 0 heterocycles. The van der Waals surface area contributed by atoms with Crippen molar-refractivity contribution in [3.8, 4) is 11.8 Å². The van der Waals surface area contributed by atoms with Gasteiger partial charge < -0.3 is 0 Å². The third-order valence-corrected chi connectivity index (χ3v) is 5.92. The summed E-state index contributed by atoms with van der Waals surface area (Å²) in [6.07, 6.45) is 9.74. The predicted octanol–water partition coefficient (Wildman–Crippen LogP) is 7.17. The maximum atomic E-state index is 3.33. The van der Waals surface area contributed by atoms with Crippen molar-refractivity contribution in [3.05, 3.63) is 70.3 Å². The van der Waals surface area contributed by atoms with Gasteiger partial charge in [0.1, 0.15) is 0 Å². The second-order valence-corrected chi connectivity index (χ2v) is 8.05. The van der Waals surface area contributed by atoms with E-state index in [0.717, 1.165) is 23.0 Å². The summed E-state index contributed by atoms with van der Waals surface area (Å²) in [5, 5.41) is 0. The third-order valence-electron chi connectivity index (χ3n) is 5.92. The van der Waals surface area contributed by atoms with E-state index in [2.05, 4.69) is 75.1 Å². The Morgan fingerprint density at radius 2 is 1.62 bits per heavy atom. The molecular formula is C26H32. The number of benzene rings is 2. The summed E-state index contributed by atoms with van der Waals surface area (Å²) < 4.78 is 0. The van der Waals surface area contributed by atoms with Crippen molar-refractivity contribution in [3.63, 3.8) is 0 Å². The first kappa shape index (κ1) is 18.8. The monoisotopic (exact) mass is 344 g/mol. The van der Waals surface area contributed by atoms with Crippen LogP contribution in [-0.4, -0.2) is 0 Å². The van der Waals surface area contributed by atoms with E-state index in [-0.39, 0.29) is 0 Å². The molecule has 0 heteroatoms. The molecule has 0 amide bonds. The zero-order valence-corrected chi connectivity index (χ0v) is 16.6. The van der Waals surface area contributed by atoms with Crippen LogP contribution in [0.15, 0.2) is 42.5 Å². The molecule has 0 saturated heterocycles. The lowest BCUT2D eigenvalue weighted by atomic mass is 9.77. The van der Waals surface area contributed by atoms with Gasteiger partial charge in [0.05, 0.1) is 0 Å². The van der Waals surface area contributed by atoms with Crippen LogP contribution in [0.25, 0.3) is 0 Å². The Balaban J connectivity index is 1.60. The SMILES string of the molecule is CCCCC1CCC(c2ccc(C#Cc3ccc(C)cc3C)cc2)CC1. The van der Waals surface area contributed by atoms with Gasteiger partial charge in [0.15, 0.2) is 0 Å². The molecule has 1 aliphatic carbocycles. The minimum atomic E-state index is 0.759. The van der Waals surface area contributed by atoms with Crippen LogP contribution in [0.1, 0.15) is 85.6 Å². The second-order valence-electron chi connectivity index (χ2n) is 8.05. The molecule has 0 bridgehead atoms. The highest BCUT2D eigenvalue weighted by Gasteiger charge is 2.21. The molecule has 0 spiro atoms. The fraction of sp³-hybridized carbons (Fsp3) is 0.462. The standard InChI is InChI=1S/C26H32/c1-4-5-6-22-9-15-25(16-10-22)26-17-11-23(12-18-26)8-14-24-13-7-20(2)19-21(24)3/h7,11-13,17-19,22,25H,4-6,9-10,15-16H2,1-3H3. The van der Waals surface area contributed by atoms with E-state index < -0.39 is 0 Å². The topological polar surface area (TPSA) is 0 Å². The van der Waals surface area contributed by atoms with Crippen LogP contribution in [-0.2, 0) is 0 Å². The molecular weight excluding hydrogens is 312 g/mol. The minimum Gasteiger partial charge on any atom is -0.0654 e. The minimum absolute atomic E-state index is 0.759. The zero-order valence-electron chi connectivity index (χ0n) is 16.6. The first-order chi connectivity index (χ1) is 12.7. The van der Waals surface area contributed by atoms with Crippen molar-refractivity contribution in [2.24, 2.45) is 5.92 Å². The summed E-state index contributed by atoms with van der Waals surface area (Å²) in [7, 11) is 0. The van der Waals surface area contributed by atoms with Crippen molar-refractivity contribution >= 4 is 0 Å². The second kappa shape index (κ2) is 9.09. The average molecular weight is 345 g/mol. The molecule has 2 aromatic rings. The van der Waals surface area contributed by atoms with Gasteiger partial charge in [0.25, 0.3) is 0 Å². The van der Waals surface area contributed by atoms with Gasteiger partial charge in [-0.15, -0.1) is 0 Å². The highest BCUT2D eigenvalue weighted by Crippen LogP contribution is 2.37. The number of hydrogen-bond acceptors (Lipinski definition) is 0. The van der Waals surface area contributed by atoms with Crippen LogP contribution >= 0.6 is 0 Å². The highest BCUT2D eigenvalue weighted by atomic mass is 14.3. The smallest absolute Gasteiger partial charge is 0.0278 e. The van der Waals surface area contributed by atoms with E-state index in [1.54, 1.807) is 0 Å². The largest absolute Gasteiger partial charge is 0.0654 e. The highest BCUT2D eigenvalue weighted by molar-refractivity contribution is 5.47. The quantitative estimate of drug-likeness (QED) is 0.516. The lowest BCUT2D eigenvalue weighted by Crippen LogP contribution is -2.13. The molecule has 26 heavy (non-hydrogen) atoms. The van der Waals surface area contributed by atoms with E-state index in [4.69, 9.17) is 0 Å². The van der Waals surface area contributed by atoms with Gasteiger partial charge in [0, 0.05) is 11.1 Å². The van der Waals surface area contributed by atoms with Gasteiger partial charge in [-0.1, -0.05) is 67.9 Å². The lowest BCUT2D eigenvalue weighted by Gasteiger charge is -2.28. The number of aryl methyl sites for hydroxylation is 2. The molecule has 0 atom stereocenters. The molecule has 136 valence electrons. The summed E-state index contributed by atoms with van der Waals surface area (Å²) >= 11 is 0. The summed E-state index contributed by atoms with van der Waals surface area (Å²) in [6.45, 7) is 6.56. The van der Waals surface area contributed by atoms with Crippen molar-refractivity contribution in [1.82, 2.24) is 0 Å². The van der Waals surface area contributed by atoms with Crippen LogP contribution in [0.3, 0.4) is 0 Å². The molecule has 0 nitrogen and oxygen atoms in total. The summed E-state index contributed by atoms with van der Waals surface area (Å²) in [6, 6.07) is 15.5.